The van der Waals surface area contributed by atoms with Crippen LogP contribution >= 0.6 is 15.9 Å². The Kier molecular flexibility index (Phi) is 4.29. The van der Waals surface area contributed by atoms with Crippen molar-refractivity contribution in [1.82, 2.24) is 9.80 Å². The Morgan fingerprint density at radius 1 is 1.05 bits per heavy atom. The van der Waals surface area contributed by atoms with Gasteiger partial charge in [0.1, 0.15) is 0 Å². The third kappa shape index (κ3) is 2.79. The molecular weight excluding hydrogens is 348 g/mol. The molecule has 0 saturated carbocycles. The fourth-order valence-corrected chi connectivity index (χ4v) is 3.34. The van der Waals surface area contributed by atoms with E-state index in [-0.39, 0.29) is 30.7 Å². The van der Waals surface area contributed by atoms with Crippen LogP contribution in [0.25, 0.3) is 0 Å². The Morgan fingerprint density at radius 3 is 2.45 bits per heavy atom. The maximum atomic E-state index is 12.3. The van der Waals surface area contributed by atoms with Crippen molar-refractivity contribution in [3.8, 4) is 0 Å². The van der Waals surface area contributed by atoms with Gasteiger partial charge < -0.3 is 4.90 Å². The van der Waals surface area contributed by atoms with Crippen molar-refractivity contribution in [3.63, 3.8) is 0 Å². The molecule has 0 aliphatic carbocycles. The number of fused-ring (bicyclic) bond motifs is 1. The lowest BCUT2D eigenvalue weighted by Gasteiger charge is -2.27. The molecule has 0 N–H and O–H groups in total. The highest BCUT2D eigenvalue weighted by molar-refractivity contribution is 9.10. The van der Waals surface area contributed by atoms with Crippen LogP contribution in [0.4, 0.5) is 0 Å². The van der Waals surface area contributed by atoms with E-state index in [0.717, 1.165) is 36.8 Å². The summed E-state index contributed by atoms with van der Waals surface area (Å²) in [5, 5.41) is 0. The lowest BCUT2D eigenvalue weighted by molar-refractivity contribution is -0.132. The summed E-state index contributed by atoms with van der Waals surface area (Å²) in [4.78, 5) is 39.8. The first-order valence-corrected chi connectivity index (χ1v) is 8.31. The Bertz CT molecular complexity index is 638. The molecule has 0 aromatic heterocycles. The van der Waals surface area contributed by atoms with E-state index in [1.807, 2.05) is 4.90 Å². The molecule has 0 atom stereocenters. The monoisotopic (exact) mass is 364 g/mol. The first-order valence-electron chi connectivity index (χ1n) is 7.51. The van der Waals surface area contributed by atoms with E-state index in [1.54, 1.807) is 18.2 Å². The Labute approximate surface area is 137 Å². The summed E-state index contributed by atoms with van der Waals surface area (Å²) in [7, 11) is 0. The van der Waals surface area contributed by atoms with Crippen LogP contribution in [-0.4, -0.2) is 47.2 Å². The van der Waals surface area contributed by atoms with E-state index in [9.17, 15) is 14.4 Å². The minimum atomic E-state index is -0.312. The van der Waals surface area contributed by atoms with Crippen molar-refractivity contribution in [3.05, 3.63) is 33.8 Å². The molecule has 2 aliphatic heterocycles. The average Bonchev–Trinajstić information content (AvgIpc) is 2.77. The summed E-state index contributed by atoms with van der Waals surface area (Å²) in [6.07, 6.45) is 3.43. The van der Waals surface area contributed by atoms with Crippen molar-refractivity contribution in [2.45, 2.75) is 25.7 Å². The van der Waals surface area contributed by atoms with Crippen LogP contribution in [0.15, 0.2) is 22.7 Å². The maximum absolute atomic E-state index is 12.3. The van der Waals surface area contributed by atoms with Gasteiger partial charge in [-0.2, -0.15) is 0 Å². The molecule has 22 heavy (non-hydrogen) atoms. The Hall–Kier alpha value is -1.69. The molecule has 1 saturated heterocycles. The third-order valence-electron chi connectivity index (χ3n) is 4.19. The average molecular weight is 365 g/mol. The number of piperidine rings is 1. The molecule has 2 heterocycles. The molecule has 1 aromatic carbocycles. The highest BCUT2D eigenvalue weighted by Gasteiger charge is 2.35. The molecule has 0 spiro atoms. The van der Waals surface area contributed by atoms with Gasteiger partial charge in [-0.05, 0) is 37.5 Å². The zero-order valence-corrected chi connectivity index (χ0v) is 13.8. The van der Waals surface area contributed by atoms with E-state index in [4.69, 9.17) is 0 Å². The van der Waals surface area contributed by atoms with Crippen LogP contribution in [0.1, 0.15) is 46.4 Å². The number of likely N-dealkylation sites (tertiary alicyclic amines) is 1. The molecule has 3 rings (SSSR count). The highest BCUT2D eigenvalue weighted by atomic mass is 79.9. The second kappa shape index (κ2) is 6.20. The normalized spacial score (nSPS) is 17.9. The van der Waals surface area contributed by atoms with Crippen LogP contribution in [0, 0.1) is 0 Å². The molecular formula is C16H17BrN2O3. The summed E-state index contributed by atoms with van der Waals surface area (Å²) >= 11 is 3.30. The summed E-state index contributed by atoms with van der Waals surface area (Å²) in [6.45, 7) is 1.72. The quantitative estimate of drug-likeness (QED) is 0.774. The molecule has 0 bridgehead atoms. The molecule has 6 heteroatoms. The summed E-state index contributed by atoms with van der Waals surface area (Å²) in [5.41, 5.74) is 0.823. The number of carbonyl (C=O) groups excluding carboxylic acids is 3. The van der Waals surface area contributed by atoms with Crippen LogP contribution in [0.3, 0.4) is 0 Å². The first-order chi connectivity index (χ1) is 10.6. The van der Waals surface area contributed by atoms with Crippen molar-refractivity contribution in [1.29, 1.82) is 0 Å². The van der Waals surface area contributed by atoms with E-state index in [2.05, 4.69) is 15.9 Å². The molecule has 0 unspecified atom stereocenters. The van der Waals surface area contributed by atoms with Crippen LogP contribution < -0.4 is 0 Å². The predicted octanol–water partition coefficient (Wildman–Crippen LogP) is 2.45. The van der Waals surface area contributed by atoms with Gasteiger partial charge in [0.2, 0.25) is 5.91 Å². The van der Waals surface area contributed by atoms with Gasteiger partial charge in [-0.25, -0.2) is 0 Å². The van der Waals surface area contributed by atoms with Gasteiger partial charge in [0.25, 0.3) is 11.8 Å². The zero-order chi connectivity index (χ0) is 15.7. The van der Waals surface area contributed by atoms with E-state index in [0.29, 0.717) is 11.1 Å². The number of hydrogen-bond acceptors (Lipinski definition) is 3. The van der Waals surface area contributed by atoms with Crippen molar-refractivity contribution >= 4 is 33.7 Å². The summed E-state index contributed by atoms with van der Waals surface area (Å²) in [5.74, 6) is -0.593. The van der Waals surface area contributed by atoms with Crippen molar-refractivity contribution in [2.75, 3.05) is 19.6 Å². The van der Waals surface area contributed by atoms with E-state index in [1.165, 1.54) is 4.90 Å². The van der Waals surface area contributed by atoms with Crippen LogP contribution in [0.5, 0.6) is 0 Å². The fraction of sp³-hybridized carbons (Fsp3) is 0.438. The number of imide groups is 1. The minimum absolute atomic E-state index is 0.0254. The molecule has 116 valence electrons. The first kappa shape index (κ1) is 15.2. The van der Waals surface area contributed by atoms with Gasteiger partial charge >= 0.3 is 0 Å². The van der Waals surface area contributed by atoms with Gasteiger partial charge in [-0.1, -0.05) is 15.9 Å². The number of benzene rings is 1. The van der Waals surface area contributed by atoms with Crippen LogP contribution in [0.2, 0.25) is 0 Å². The predicted molar refractivity (Wildman–Crippen MR) is 84.6 cm³/mol. The number of rotatable bonds is 3. The van der Waals surface area contributed by atoms with Gasteiger partial charge in [0, 0.05) is 30.5 Å². The Morgan fingerprint density at radius 2 is 1.73 bits per heavy atom. The molecule has 3 amide bonds. The highest BCUT2D eigenvalue weighted by Crippen LogP contribution is 2.26. The number of nitrogens with zero attached hydrogens (tertiary/aromatic N) is 2. The van der Waals surface area contributed by atoms with Crippen molar-refractivity contribution < 1.29 is 14.4 Å². The van der Waals surface area contributed by atoms with Gasteiger partial charge in [0.15, 0.2) is 0 Å². The van der Waals surface area contributed by atoms with Crippen LogP contribution in [-0.2, 0) is 4.79 Å². The lowest BCUT2D eigenvalue weighted by atomic mass is 10.1. The maximum Gasteiger partial charge on any atom is 0.261 e. The smallest absolute Gasteiger partial charge is 0.261 e. The van der Waals surface area contributed by atoms with Gasteiger partial charge in [-0.15, -0.1) is 0 Å². The third-order valence-corrected chi connectivity index (χ3v) is 4.68. The van der Waals surface area contributed by atoms with E-state index >= 15 is 0 Å². The van der Waals surface area contributed by atoms with Gasteiger partial charge in [0.05, 0.1) is 11.1 Å². The number of carbonyl (C=O) groups is 3. The van der Waals surface area contributed by atoms with Gasteiger partial charge in [-0.3, -0.25) is 19.3 Å². The Balaban J connectivity index is 1.65. The summed E-state index contributed by atoms with van der Waals surface area (Å²) < 4.78 is 0.763. The molecule has 1 fully saturated rings. The number of amides is 3. The second-order valence-corrected chi connectivity index (χ2v) is 6.56. The fourth-order valence-electron chi connectivity index (χ4n) is 2.97. The number of halogens is 1. The number of hydrogen-bond donors (Lipinski definition) is 0. The topological polar surface area (TPSA) is 57.7 Å². The largest absolute Gasteiger partial charge is 0.343 e. The molecule has 5 nitrogen and oxygen atoms in total. The van der Waals surface area contributed by atoms with E-state index < -0.39 is 0 Å². The molecule has 0 radical (unpaired) electrons. The SMILES string of the molecule is O=C(CCN1C(=O)c2ccc(Br)cc2C1=O)N1CCCCC1. The molecule has 2 aliphatic rings. The van der Waals surface area contributed by atoms with Crippen molar-refractivity contribution in [2.24, 2.45) is 0 Å². The molecule has 1 aromatic rings. The zero-order valence-electron chi connectivity index (χ0n) is 12.2. The second-order valence-electron chi connectivity index (χ2n) is 5.64. The lowest BCUT2D eigenvalue weighted by Crippen LogP contribution is -2.39. The summed E-state index contributed by atoms with van der Waals surface area (Å²) in [6, 6.07) is 5.04. The minimum Gasteiger partial charge on any atom is -0.343 e. The standard InChI is InChI=1S/C16H17BrN2O3/c17-11-4-5-12-13(10-11)16(22)19(15(12)21)9-6-14(20)18-7-2-1-3-8-18/h4-5,10H,1-3,6-9H2.